The zero-order valence-corrected chi connectivity index (χ0v) is 11.9. The zero-order chi connectivity index (χ0) is 15.2. The fourth-order valence-corrected chi connectivity index (χ4v) is 1.98. The summed E-state index contributed by atoms with van der Waals surface area (Å²) in [5, 5.41) is 9.14. The molecule has 0 heterocycles. The van der Waals surface area contributed by atoms with Crippen molar-refractivity contribution in [3.8, 4) is 11.5 Å². The summed E-state index contributed by atoms with van der Waals surface area (Å²) in [4.78, 5) is 11.1. The highest BCUT2D eigenvalue weighted by Crippen LogP contribution is 2.28. The molecule has 0 aliphatic heterocycles. The Labute approximate surface area is 123 Å². The number of benzene rings is 2. The molecular formula is C17H16O4. The molecule has 0 spiro atoms. The first kappa shape index (κ1) is 14.7. The summed E-state index contributed by atoms with van der Waals surface area (Å²) in [7, 11) is 3.15. The lowest BCUT2D eigenvalue weighted by molar-refractivity contribution is 0.0696. The van der Waals surface area contributed by atoms with Crippen molar-refractivity contribution in [3.63, 3.8) is 0 Å². The second kappa shape index (κ2) is 6.61. The molecule has 4 heteroatoms. The van der Waals surface area contributed by atoms with Crippen molar-refractivity contribution in [2.75, 3.05) is 14.2 Å². The second-order valence-corrected chi connectivity index (χ2v) is 4.34. The number of aromatic carboxylic acids is 1. The van der Waals surface area contributed by atoms with Crippen molar-refractivity contribution in [2.24, 2.45) is 0 Å². The first-order valence-electron chi connectivity index (χ1n) is 6.38. The third-order valence-corrected chi connectivity index (χ3v) is 3.05. The highest BCUT2D eigenvalue weighted by molar-refractivity contribution is 5.93. The maximum Gasteiger partial charge on any atom is 0.336 e. The van der Waals surface area contributed by atoms with Crippen LogP contribution in [0.1, 0.15) is 21.5 Å². The quantitative estimate of drug-likeness (QED) is 0.853. The van der Waals surface area contributed by atoms with E-state index in [9.17, 15) is 4.79 Å². The first-order chi connectivity index (χ1) is 10.2. The number of carbonyl (C=O) groups is 1. The van der Waals surface area contributed by atoms with Gasteiger partial charge in [0.25, 0.3) is 0 Å². The van der Waals surface area contributed by atoms with Gasteiger partial charge in [0.15, 0.2) is 11.5 Å². The Hall–Kier alpha value is -2.75. The lowest BCUT2D eigenvalue weighted by atomic mass is 10.1. The maximum absolute atomic E-state index is 11.1. The molecule has 0 fully saturated rings. The van der Waals surface area contributed by atoms with Gasteiger partial charge in [-0.2, -0.15) is 0 Å². The van der Waals surface area contributed by atoms with Crippen molar-refractivity contribution in [1.29, 1.82) is 0 Å². The molecule has 4 nitrogen and oxygen atoms in total. The predicted octanol–water partition coefficient (Wildman–Crippen LogP) is 3.57. The summed E-state index contributed by atoms with van der Waals surface area (Å²) in [6, 6.07) is 12.4. The van der Waals surface area contributed by atoms with Crippen LogP contribution in [-0.2, 0) is 0 Å². The van der Waals surface area contributed by atoms with E-state index in [-0.39, 0.29) is 5.56 Å². The lowest BCUT2D eigenvalue weighted by Gasteiger charge is -2.07. The molecule has 2 aromatic carbocycles. The maximum atomic E-state index is 11.1. The molecule has 0 saturated heterocycles. The zero-order valence-electron chi connectivity index (χ0n) is 11.9. The Bertz CT molecular complexity index is 674. The Morgan fingerprint density at radius 1 is 1.00 bits per heavy atom. The third kappa shape index (κ3) is 3.42. The highest BCUT2D eigenvalue weighted by Gasteiger charge is 2.06. The molecule has 0 radical (unpaired) electrons. The molecular weight excluding hydrogens is 268 g/mol. The SMILES string of the molecule is COc1ccc(/C=C/c2ccccc2C(=O)O)cc1OC. The van der Waals surface area contributed by atoms with Crippen LogP contribution < -0.4 is 9.47 Å². The molecule has 2 aromatic rings. The van der Waals surface area contributed by atoms with E-state index in [2.05, 4.69) is 0 Å². The molecule has 0 amide bonds. The largest absolute Gasteiger partial charge is 0.493 e. The molecule has 2 rings (SSSR count). The summed E-state index contributed by atoms with van der Waals surface area (Å²) in [6.45, 7) is 0. The van der Waals surface area contributed by atoms with E-state index in [1.165, 1.54) is 0 Å². The number of rotatable bonds is 5. The van der Waals surface area contributed by atoms with Gasteiger partial charge in [0.2, 0.25) is 0 Å². The van der Waals surface area contributed by atoms with Crippen LogP contribution in [0.5, 0.6) is 11.5 Å². The van der Waals surface area contributed by atoms with Crippen molar-refractivity contribution < 1.29 is 19.4 Å². The summed E-state index contributed by atoms with van der Waals surface area (Å²) in [5.74, 6) is 0.342. The Morgan fingerprint density at radius 2 is 1.71 bits per heavy atom. The molecule has 0 atom stereocenters. The van der Waals surface area contributed by atoms with E-state index >= 15 is 0 Å². The van der Waals surface area contributed by atoms with Gasteiger partial charge in [-0.05, 0) is 29.3 Å². The van der Waals surface area contributed by atoms with E-state index < -0.39 is 5.97 Å². The van der Waals surface area contributed by atoms with Gasteiger partial charge in [0, 0.05) is 0 Å². The monoisotopic (exact) mass is 284 g/mol. The van der Waals surface area contributed by atoms with E-state index in [0.717, 1.165) is 5.56 Å². The van der Waals surface area contributed by atoms with Gasteiger partial charge < -0.3 is 14.6 Å². The molecule has 0 unspecified atom stereocenters. The smallest absolute Gasteiger partial charge is 0.336 e. The van der Waals surface area contributed by atoms with Crippen LogP contribution in [0.25, 0.3) is 12.2 Å². The van der Waals surface area contributed by atoms with Crippen LogP contribution in [0.2, 0.25) is 0 Å². The number of carboxylic acid groups (broad SMARTS) is 1. The number of methoxy groups -OCH3 is 2. The normalized spacial score (nSPS) is 10.6. The number of hydrogen-bond acceptors (Lipinski definition) is 3. The van der Waals surface area contributed by atoms with Gasteiger partial charge >= 0.3 is 5.97 Å². The molecule has 0 aromatic heterocycles. The van der Waals surface area contributed by atoms with E-state index in [1.807, 2.05) is 24.3 Å². The van der Waals surface area contributed by atoms with E-state index in [1.54, 1.807) is 44.6 Å². The average molecular weight is 284 g/mol. The Kier molecular flexibility index (Phi) is 4.61. The number of carboxylic acids is 1. The molecule has 0 aliphatic carbocycles. The average Bonchev–Trinajstić information content (AvgIpc) is 2.52. The minimum absolute atomic E-state index is 0.272. The molecule has 108 valence electrons. The van der Waals surface area contributed by atoms with E-state index in [0.29, 0.717) is 17.1 Å². The van der Waals surface area contributed by atoms with E-state index in [4.69, 9.17) is 14.6 Å². The fraction of sp³-hybridized carbons (Fsp3) is 0.118. The number of ether oxygens (including phenoxy) is 2. The topological polar surface area (TPSA) is 55.8 Å². The third-order valence-electron chi connectivity index (χ3n) is 3.05. The first-order valence-corrected chi connectivity index (χ1v) is 6.38. The second-order valence-electron chi connectivity index (χ2n) is 4.34. The summed E-state index contributed by atoms with van der Waals surface area (Å²) < 4.78 is 10.4. The Balaban J connectivity index is 2.32. The molecule has 21 heavy (non-hydrogen) atoms. The van der Waals surface area contributed by atoms with Crippen LogP contribution in [0, 0.1) is 0 Å². The lowest BCUT2D eigenvalue weighted by Crippen LogP contribution is -1.98. The Morgan fingerprint density at radius 3 is 2.38 bits per heavy atom. The minimum atomic E-state index is -0.942. The summed E-state index contributed by atoms with van der Waals surface area (Å²) >= 11 is 0. The van der Waals surface area contributed by atoms with Crippen molar-refractivity contribution in [3.05, 3.63) is 59.2 Å². The van der Waals surface area contributed by atoms with Crippen LogP contribution in [0.15, 0.2) is 42.5 Å². The highest BCUT2D eigenvalue weighted by atomic mass is 16.5. The standard InChI is InChI=1S/C17H16O4/c1-20-15-10-8-12(11-16(15)21-2)7-9-13-5-3-4-6-14(13)17(18)19/h3-11H,1-2H3,(H,18,19)/b9-7+. The van der Waals surface area contributed by atoms with Crippen LogP contribution in [-0.4, -0.2) is 25.3 Å². The molecule has 1 N–H and O–H groups in total. The minimum Gasteiger partial charge on any atom is -0.493 e. The van der Waals surface area contributed by atoms with Gasteiger partial charge in [0.1, 0.15) is 0 Å². The summed E-state index contributed by atoms with van der Waals surface area (Å²) in [6.07, 6.45) is 3.61. The predicted molar refractivity (Wildman–Crippen MR) is 81.9 cm³/mol. The van der Waals surface area contributed by atoms with Gasteiger partial charge in [-0.25, -0.2) is 4.79 Å². The fourth-order valence-electron chi connectivity index (χ4n) is 1.98. The van der Waals surface area contributed by atoms with Gasteiger partial charge in [0.05, 0.1) is 19.8 Å². The van der Waals surface area contributed by atoms with Gasteiger partial charge in [-0.3, -0.25) is 0 Å². The van der Waals surface area contributed by atoms with Gasteiger partial charge in [-0.15, -0.1) is 0 Å². The van der Waals surface area contributed by atoms with Crippen LogP contribution in [0.4, 0.5) is 0 Å². The molecule has 0 aliphatic rings. The van der Waals surface area contributed by atoms with Crippen molar-refractivity contribution in [1.82, 2.24) is 0 Å². The van der Waals surface area contributed by atoms with Gasteiger partial charge in [-0.1, -0.05) is 36.4 Å². The van der Waals surface area contributed by atoms with Crippen molar-refractivity contribution >= 4 is 18.1 Å². The summed E-state index contributed by atoms with van der Waals surface area (Å²) in [5.41, 5.74) is 1.82. The van der Waals surface area contributed by atoms with Crippen LogP contribution in [0.3, 0.4) is 0 Å². The molecule has 0 saturated carbocycles. The molecule has 0 bridgehead atoms. The number of hydrogen-bond donors (Lipinski definition) is 1. The van der Waals surface area contributed by atoms with Crippen LogP contribution >= 0.6 is 0 Å². The van der Waals surface area contributed by atoms with Crippen molar-refractivity contribution in [2.45, 2.75) is 0 Å².